The zero-order valence-corrected chi connectivity index (χ0v) is 11.0. The molecule has 0 aliphatic heterocycles. The van der Waals surface area contributed by atoms with Crippen LogP contribution in [0.15, 0.2) is 29.1 Å². The van der Waals surface area contributed by atoms with Crippen LogP contribution >= 0.6 is 22.7 Å². The van der Waals surface area contributed by atoms with Gasteiger partial charge in [0.15, 0.2) is 0 Å². The molecule has 0 fully saturated rings. The molecule has 1 unspecified atom stereocenters. The monoisotopic (exact) mass is 252 g/mol. The largest absolute Gasteiger partial charge is 0.308 e. The molecule has 0 aromatic carbocycles. The van der Waals surface area contributed by atoms with E-state index in [1.54, 1.807) is 11.3 Å². The second kappa shape index (κ2) is 6.13. The van der Waals surface area contributed by atoms with E-state index < -0.39 is 0 Å². The highest BCUT2D eigenvalue weighted by atomic mass is 32.1. The molecule has 0 saturated heterocycles. The molecule has 16 heavy (non-hydrogen) atoms. The van der Waals surface area contributed by atoms with Crippen molar-refractivity contribution in [1.29, 1.82) is 0 Å². The van der Waals surface area contributed by atoms with Crippen LogP contribution in [0.5, 0.6) is 0 Å². The lowest BCUT2D eigenvalue weighted by Gasteiger charge is -2.10. The Balaban J connectivity index is 1.65. The SMILES string of the molecule is CC(NCCCc1cccs1)c1nccs1. The van der Waals surface area contributed by atoms with Gasteiger partial charge >= 0.3 is 0 Å². The van der Waals surface area contributed by atoms with E-state index in [9.17, 15) is 0 Å². The summed E-state index contributed by atoms with van der Waals surface area (Å²) in [5.41, 5.74) is 0. The summed E-state index contributed by atoms with van der Waals surface area (Å²) in [5, 5.41) is 8.84. The van der Waals surface area contributed by atoms with Crippen LogP contribution in [0, 0.1) is 0 Å². The molecule has 0 saturated carbocycles. The molecule has 1 atom stereocenters. The van der Waals surface area contributed by atoms with Gasteiger partial charge in [0.05, 0.1) is 6.04 Å². The third kappa shape index (κ3) is 3.40. The van der Waals surface area contributed by atoms with Crippen molar-refractivity contribution in [3.05, 3.63) is 39.0 Å². The van der Waals surface area contributed by atoms with Gasteiger partial charge in [-0.1, -0.05) is 6.07 Å². The maximum Gasteiger partial charge on any atom is 0.109 e. The Morgan fingerprint density at radius 1 is 1.38 bits per heavy atom. The van der Waals surface area contributed by atoms with Crippen molar-refractivity contribution < 1.29 is 0 Å². The lowest BCUT2D eigenvalue weighted by atomic mass is 10.2. The first kappa shape index (κ1) is 11.8. The van der Waals surface area contributed by atoms with Crippen molar-refractivity contribution >= 4 is 22.7 Å². The van der Waals surface area contributed by atoms with E-state index in [2.05, 4.69) is 34.7 Å². The summed E-state index contributed by atoms with van der Waals surface area (Å²) < 4.78 is 0. The lowest BCUT2D eigenvalue weighted by Crippen LogP contribution is -2.20. The van der Waals surface area contributed by atoms with Gasteiger partial charge in [-0.15, -0.1) is 22.7 Å². The first-order valence-corrected chi connectivity index (χ1v) is 7.27. The van der Waals surface area contributed by atoms with E-state index in [1.807, 2.05) is 22.9 Å². The molecule has 0 bridgehead atoms. The predicted octanol–water partition coefficient (Wildman–Crippen LogP) is 3.49. The lowest BCUT2D eigenvalue weighted by molar-refractivity contribution is 0.557. The summed E-state index contributed by atoms with van der Waals surface area (Å²) in [6, 6.07) is 4.70. The standard InChI is InChI=1S/C12H16N2S2/c1-10(12-14-7-9-16-12)13-6-2-4-11-5-3-8-15-11/h3,5,7-10,13H,2,4,6H2,1H3. The fraction of sp³-hybridized carbons (Fsp3) is 0.417. The Morgan fingerprint density at radius 2 is 2.31 bits per heavy atom. The molecule has 2 aromatic rings. The third-order valence-corrected chi connectivity index (χ3v) is 4.35. The fourth-order valence-corrected chi connectivity index (χ4v) is 2.99. The summed E-state index contributed by atoms with van der Waals surface area (Å²) in [4.78, 5) is 5.78. The van der Waals surface area contributed by atoms with Crippen LogP contribution in [-0.2, 0) is 6.42 Å². The summed E-state index contributed by atoms with van der Waals surface area (Å²) in [6.07, 6.45) is 4.23. The van der Waals surface area contributed by atoms with Crippen LogP contribution < -0.4 is 5.32 Å². The van der Waals surface area contributed by atoms with Gasteiger partial charge in [-0.2, -0.15) is 0 Å². The highest BCUT2D eigenvalue weighted by Crippen LogP contribution is 2.15. The van der Waals surface area contributed by atoms with Crippen molar-refractivity contribution in [3.63, 3.8) is 0 Å². The number of rotatable bonds is 6. The van der Waals surface area contributed by atoms with Gasteiger partial charge in [0, 0.05) is 16.5 Å². The van der Waals surface area contributed by atoms with Crippen molar-refractivity contribution in [3.8, 4) is 0 Å². The Hall–Kier alpha value is -0.710. The fourth-order valence-electron chi connectivity index (χ4n) is 1.57. The van der Waals surface area contributed by atoms with E-state index in [4.69, 9.17) is 0 Å². The van der Waals surface area contributed by atoms with Gasteiger partial charge in [0.1, 0.15) is 5.01 Å². The highest BCUT2D eigenvalue weighted by Gasteiger charge is 2.06. The molecule has 0 spiro atoms. The van der Waals surface area contributed by atoms with Crippen LogP contribution in [-0.4, -0.2) is 11.5 Å². The number of hydrogen-bond donors (Lipinski definition) is 1. The quantitative estimate of drug-likeness (QED) is 0.796. The van der Waals surface area contributed by atoms with E-state index in [0.29, 0.717) is 6.04 Å². The average molecular weight is 252 g/mol. The Kier molecular flexibility index (Phi) is 4.51. The molecule has 4 heteroatoms. The molecular weight excluding hydrogens is 236 g/mol. The molecule has 86 valence electrons. The molecule has 0 aliphatic rings. The molecular formula is C12H16N2S2. The van der Waals surface area contributed by atoms with Crippen molar-refractivity contribution in [2.24, 2.45) is 0 Å². The maximum absolute atomic E-state index is 4.30. The number of nitrogens with zero attached hydrogens (tertiary/aromatic N) is 1. The number of aryl methyl sites for hydroxylation is 1. The van der Waals surface area contributed by atoms with Gasteiger partial charge in [-0.05, 0) is 37.8 Å². The maximum atomic E-state index is 4.30. The van der Waals surface area contributed by atoms with Crippen LogP contribution in [0.2, 0.25) is 0 Å². The summed E-state index contributed by atoms with van der Waals surface area (Å²) in [5.74, 6) is 0. The van der Waals surface area contributed by atoms with Crippen molar-refractivity contribution in [1.82, 2.24) is 10.3 Å². The minimum Gasteiger partial charge on any atom is -0.308 e. The number of aromatic nitrogens is 1. The number of nitrogens with one attached hydrogen (secondary N) is 1. The second-order valence-corrected chi connectivity index (χ2v) is 5.69. The smallest absolute Gasteiger partial charge is 0.109 e. The molecule has 0 radical (unpaired) electrons. The Bertz CT molecular complexity index is 381. The molecule has 2 aromatic heterocycles. The Labute approximate surface area is 104 Å². The zero-order chi connectivity index (χ0) is 11.2. The third-order valence-electron chi connectivity index (χ3n) is 2.45. The second-order valence-electron chi connectivity index (χ2n) is 3.73. The summed E-state index contributed by atoms with van der Waals surface area (Å²) >= 11 is 3.56. The topological polar surface area (TPSA) is 24.9 Å². The molecule has 2 heterocycles. The Morgan fingerprint density at radius 3 is 3.00 bits per heavy atom. The molecule has 0 amide bonds. The van der Waals surface area contributed by atoms with Gasteiger partial charge in [0.25, 0.3) is 0 Å². The zero-order valence-electron chi connectivity index (χ0n) is 9.35. The molecule has 0 aliphatic carbocycles. The summed E-state index contributed by atoms with van der Waals surface area (Å²) in [6.45, 7) is 3.22. The number of thiazole rings is 1. The van der Waals surface area contributed by atoms with Crippen LogP contribution in [0.3, 0.4) is 0 Å². The first-order valence-electron chi connectivity index (χ1n) is 5.51. The van der Waals surface area contributed by atoms with Gasteiger partial charge in [-0.3, -0.25) is 0 Å². The van der Waals surface area contributed by atoms with Crippen LogP contribution in [0.1, 0.15) is 29.3 Å². The highest BCUT2D eigenvalue weighted by molar-refractivity contribution is 7.10. The van der Waals surface area contributed by atoms with Gasteiger partial charge in [0.2, 0.25) is 0 Å². The van der Waals surface area contributed by atoms with Crippen LogP contribution in [0.4, 0.5) is 0 Å². The molecule has 1 N–H and O–H groups in total. The van der Waals surface area contributed by atoms with Gasteiger partial charge < -0.3 is 5.32 Å². The van der Waals surface area contributed by atoms with E-state index in [-0.39, 0.29) is 0 Å². The summed E-state index contributed by atoms with van der Waals surface area (Å²) in [7, 11) is 0. The van der Waals surface area contributed by atoms with Crippen molar-refractivity contribution in [2.45, 2.75) is 25.8 Å². The van der Waals surface area contributed by atoms with Crippen LogP contribution in [0.25, 0.3) is 0 Å². The van der Waals surface area contributed by atoms with Gasteiger partial charge in [-0.25, -0.2) is 4.98 Å². The first-order chi connectivity index (χ1) is 7.86. The van der Waals surface area contributed by atoms with E-state index in [0.717, 1.165) is 6.54 Å². The predicted molar refractivity (Wildman–Crippen MR) is 71.2 cm³/mol. The number of hydrogen-bond acceptors (Lipinski definition) is 4. The molecule has 2 rings (SSSR count). The molecule has 2 nitrogen and oxygen atoms in total. The number of thiophene rings is 1. The van der Waals surface area contributed by atoms with Crippen molar-refractivity contribution in [2.75, 3.05) is 6.54 Å². The van der Waals surface area contributed by atoms with E-state index in [1.165, 1.54) is 22.7 Å². The normalized spacial score (nSPS) is 12.8. The minimum atomic E-state index is 0.378. The minimum absolute atomic E-state index is 0.378. The average Bonchev–Trinajstić information content (AvgIpc) is 2.96. The van der Waals surface area contributed by atoms with E-state index >= 15 is 0 Å².